The summed E-state index contributed by atoms with van der Waals surface area (Å²) in [6.45, 7) is 0. The van der Waals surface area contributed by atoms with Crippen molar-refractivity contribution < 1.29 is 60.5 Å². The summed E-state index contributed by atoms with van der Waals surface area (Å²) in [4.78, 5) is 0. The van der Waals surface area contributed by atoms with Gasteiger partial charge in [0.2, 0.25) is 0 Å². The third kappa shape index (κ3) is 8.88. The molecule has 0 aromatic rings. The zero-order valence-corrected chi connectivity index (χ0v) is 15.1. The Morgan fingerprint density at radius 2 is 1.00 bits per heavy atom. The first kappa shape index (κ1) is 15.8. The average Bonchev–Trinajstić information content (AvgIpc) is 1.00. The molecule has 13 valence electrons. The molecule has 0 aromatic carbocycles. The Hall–Kier alpha value is 2.96. The van der Waals surface area contributed by atoms with Crippen molar-refractivity contribution in [2.24, 2.45) is 0 Å². The number of hydrogen-bond donors (Lipinski definition) is 0. The van der Waals surface area contributed by atoms with Gasteiger partial charge in [0, 0.05) is 39.0 Å². The van der Waals surface area contributed by atoms with E-state index in [1.807, 2.05) is 17.5 Å². The Kier molecular flexibility index (Phi) is 66.0. The van der Waals surface area contributed by atoms with Crippen molar-refractivity contribution in [1.82, 2.24) is 0 Å². The van der Waals surface area contributed by atoms with E-state index in [0.717, 1.165) is 0 Å². The Balaban J connectivity index is -0.00000000500. The van der Waals surface area contributed by atoms with Crippen molar-refractivity contribution in [2.75, 3.05) is 0 Å². The topological polar surface area (TPSA) is 0 Å². The molecule has 0 bridgehead atoms. The standard InChI is InChI=1S/Cd.H2Te.2Zn/h;1H2;;/q+1;;;/p-1. The molecule has 0 spiro atoms. The van der Waals surface area contributed by atoms with Gasteiger partial charge in [-0.05, 0) is 0 Å². The summed E-state index contributed by atoms with van der Waals surface area (Å²) >= 11 is 3.12. The molecule has 0 nitrogen and oxygen atoms in total. The van der Waals surface area contributed by atoms with Crippen molar-refractivity contribution in [3.8, 4) is 0 Å². The van der Waals surface area contributed by atoms with Crippen LogP contribution in [0.3, 0.4) is 0 Å². The Morgan fingerprint density at radius 3 is 1.00 bits per heavy atom. The second-order valence-corrected chi connectivity index (χ2v) is 0. The van der Waals surface area contributed by atoms with Gasteiger partial charge in [-0.1, -0.05) is 0 Å². The molecule has 0 saturated carbocycles. The molecule has 0 amide bonds. The van der Waals surface area contributed by atoms with Crippen molar-refractivity contribution in [1.29, 1.82) is 0 Å². The monoisotopic (exact) mass is 373 g/mol. The van der Waals surface area contributed by atoms with Crippen LogP contribution < -0.4 is 0 Å². The van der Waals surface area contributed by atoms with Gasteiger partial charge in [0.15, 0.2) is 0 Å². The largest absolute Gasteiger partial charge is 0 e. The van der Waals surface area contributed by atoms with Crippen LogP contribution in [0.4, 0.5) is 0 Å². The van der Waals surface area contributed by atoms with Gasteiger partial charge in [-0.3, -0.25) is 0 Å². The summed E-state index contributed by atoms with van der Waals surface area (Å²) in [5, 5.41) is 0. The molecule has 0 rings (SSSR count). The predicted molar refractivity (Wildman–Crippen MR) is 7.15 cm³/mol. The molecular formula is HCdTeZn2. The molecule has 0 unspecified atom stereocenters. The maximum Gasteiger partial charge on any atom is 0 e. The van der Waals surface area contributed by atoms with Crippen LogP contribution in [0.25, 0.3) is 0 Å². The Bertz CT molecular complexity index is 6.00. The Morgan fingerprint density at radius 1 is 1.00 bits per heavy atom. The predicted octanol–water partition coefficient (Wildman–Crippen LogP) is -0.656. The van der Waals surface area contributed by atoms with Crippen LogP contribution in [0.2, 0.25) is 0 Å². The van der Waals surface area contributed by atoms with Gasteiger partial charge in [-0.25, -0.2) is 0 Å². The maximum absolute atomic E-state index is 1.92. The second kappa shape index (κ2) is 16.7. The number of rotatable bonds is 0. The number of hydrogen-bond acceptors (Lipinski definition) is 0. The molecule has 0 fully saturated rings. The second-order valence-electron chi connectivity index (χ2n) is 0. The van der Waals surface area contributed by atoms with Gasteiger partial charge in [0.1, 0.15) is 0 Å². The van der Waals surface area contributed by atoms with E-state index in [1.165, 1.54) is 21.6 Å². The van der Waals surface area contributed by atoms with Gasteiger partial charge < -0.3 is 0 Å². The summed E-state index contributed by atoms with van der Waals surface area (Å²) in [5.41, 5.74) is 0. The van der Waals surface area contributed by atoms with Crippen LogP contribution in [0, 0.1) is 0 Å². The molecule has 0 aliphatic rings. The van der Waals surface area contributed by atoms with Crippen LogP contribution in [0.1, 0.15) is 0 Å². The summed E-state index contributed by atoms with van der Waals surface area (Å²) in [6, 6.07) is 0. The molecule has 4 heteroatoms. The quantitative estimate of drug-likeness (QED) is 0.496. The summed E-state index contributed by atoms with van der Waals surface area (Å²) in [6.07, 6.45) is 0. The van der Waals surface area contributed by atoms with E-state index in [-0.39, 0.29) is 39.0 Å². The van der Waals surface area contributed by atoms with Crippen LogP contribution in [-0.4, -0.2) is 17.5 Å². The fourth-order valence-corrected chi connectivity index (χ4v) is 0. The van der Waals surface area contributed by atoms with E-state index in [4.69, 9.17) is 0 Å². The molecule has 0 aliphatic heterocycles. The summed E-state index contributed by atoms with van der Waals surface area (Å²) in [7, 11) is 0. The first-order valence-corrected chi connectivity index (χ1v) is 14.2. The van der Waals surface area contributed by atoms with Crippen LogP contribution in [-0.2, 0) is 60.5 Å². The molecule has 0 atom stereocenters. The van der Waals surface area contributed by atoms with E-state index >= 15 is 0 Å². The molecule has 0 saturated heterocycles. The molecule has 0 radical (unpaired) electrons. The van der Waals surface area contributed by atoms with E-state index < -0.39 is 0 Å². The SMILES string of the molecule is [Cd][TeH].[Zn].[Zn]. The first-order valence-electron chi connectivity index (χ1n) is 0.316. The van der Waals surface area contributed by atoms with E-state index in [2.05, 4.69) is 0 Å². The first-order chi connectivity index (χ1) is 1.00. The smallest absolute Gasteiger partial charge is 0 e. The third-order valence-electron chi connectivity index (χ3n) is 0. The van der Waals surface area contributed by atoms with Gasteiger partial charge in [0.05, 0.1) is 0 Å². The fraction of sp³-hybridized carbons (Fsp3) is 0. The molecular weight excluding hydrogens is 371 g/mol. The van der Waals surface area contributed by atoms with Gasteiger partial charge in [-0.2, -0.15) is 0 Å². The molecule has 4 heavy (non-hydrogen) atoms. The zero-order valence-electron chi connectivity index (χ0n) is 2.57. The van der Waals surface area contributed by atoms with Crippen LogP contribution in [0.15, 0.2) is 0 Å². The molecule has 0 aliphatic carbocycles. The van der Waals surface area contributed by atoms with Gasteiger partial charge in [0.25, 0.3) is 0 Å². The normalized spacial score (nSPS) is 1.75. The fourth-order valence-electron chi connectivity index (χ4n) is 0. The van der Waals surface area contributed by atoms with E-state index in [1.54, 1.807) is 0 Å². The minimum absolute atomic E-state index is 0. The summed E-state index contributed by atoms with van der Waals surface area (Å²) < 4.78 is 0. The van der Waals surface area contributed by atoms with Crippen molar-refractivity contribution >= 4 is 17.5 Å². The minimum Gasteiger partial charge on any atom is 0 e. The van der Waals surface area contributed by atoms with Crippen molar-refractivity contribution in [3.05, 3.63) is 0 Å². The zero-order chi connectivity index (χ0) is 2.00. The van der Waals surface area contributed by atoms with Crippen LogP contribution in [0.5, 0.6) is 0 Å². The van der Waals surface area contributed by atoms with Gasteiger partial charge >= 0.3 is 39.1 Å². The summed E-state index contributed by atoms with van der Waals surface area (Å²) in [5.74, 6) is 0. The molecule has 0 aromatic heterocycles. The molecule has 0 heterocycles. The average molecular weight is 372 g/mol. The van der Waals surface area contributed by atoms with Crippen LogP contribution >= 0.6 is 0 Å². The Labute approximate surface area is 76.4 Å². The molecule has 0 N–H and O–H groups in total. The van der Waals surface area contributed by atoms with E-state index in [0.29, 0.717) is 0 Å². The van der Waals surface area contributed by atoms with Crippen molar-refractivity contribution in [2.45, 2.75) is 0 Å². The van der Waals surface area contributed by atoms with Crippen molar-refractivity contribution in [3.63, 3.8) is 0 Å². The van der Waals surface area contributed by atoms with Gasteiger partial charge in [-0.15, -0.1) is 0 Å². The third-order valence-corrected chi connectivity index (χ3v) is 0. The van der Waals surface area contributed by atoms with E-state index in [9.17, 15) is 0 Å². The minimum atomic E-state index is 0. The maximum atomic E-state index is 1.92.